The maximum Gasteiger partial charge on any atom is 0.241 e. The van der Waals surface area contributed by atoms with Gasteiger partial charge in [0.25, 0.3) is 0 Å². The second kappa shape index (κ2) is 8.25. The molecule has 0 radical (unpaired) electrons. The summed E-state index contributed by atoms with van der Waals surface area (Å²) >= 11 is 5.86. The molecule has 1 aromatic rings. The van der Waals surface area contributed by atoms with Gasteiger partial charge in [0.05, 0.1) is 17.4 Å². The van der Waals surface area contributed by atoms with E-state index in [2.05, 4.69) is 31.0 Å². The Morgan fingerprint density at radius 1 is 1.38 bits per heavy atom. The molecule has 0 saturated heterocycles. The molecule has 4 nitrogen and oxygen atoms in total. The van der Waals surface area contributed by atoms with E-state index in [1.807, 2.05) is 6.92 Å². The Bertz CT molecular complexity index is 479. The van der Waals surface area contributed by atoms with Crippen molar-refractivity contribution in [2.24, 2.45) is 5.92 Å². The van der Waals surface area contributed by atoms with Crippen molar-refractivity contribution in [1.82, 2.24) is 4.90 Å². The van der Waals surface area contributed by atoms with Crippen LogP contribution in [0.1, 0.15) is 34.1 Å². The number of nitrogens with two attached hydrogens (primary N) is 1. The Morgan fingerprint density at radius 3 is 2.57 bits per heavy atom. The fourth-order valence-electron chi connectivity index (χ4n) is 2.14. The van der Waals surface area contributed by atoms with Gasteiger partial charge in [0.1, 0.15) is 0 Å². The third-order valence-electron chi connectivity index (χ3n) is 3.85. The Morgan fingerprint density at radius 2 is 2.05 bits per heavy atom. The number of nitrogen functional groups attached to an aromatic ring is 1. The smallest absolute Gasteiger partial charge is 0.241 e. The summed E-state index contributed by atoms with van der Waals surface area (Å²) in [6, 6.07) is 4.89. The summed E-state index contributed by atoms with van der Waals surface area (Å²) in [4.78, 5) is 14.6. The minimum Gasteiger partial charge on any atom is -0.397 e. The molecule has 118 valence electrons. The van der Waals surface area contributed by atoms with Gasteiger partial charge in [-0.3, -0.25) is 9.69 Å². The van der Waals surface area contributed by atoms with E-state index in [9.17, 15) is 4.79 Å². The van der Waals surface area contributed by atoms with Gasteiger partial charge in [0.15, 0.2) is 0 Å². The van der Waals surface area contributed by atoms with E-state index < -0.39 is 0 Å². The predicted molar refractivity (Wildman–Crippen MR) is 90.7 cm³/mol. The molecular weight excluding hydrogens is 286 g/mol. The molecule has 0 fully saturated rings. The van der Waals surface area contributed by atoms with Crippen molar-refractivity contribution in [3.05, 3.63) is 23.2 Å². The van der Waals surface area contributed by atoms with Crippen LogP contribution in [0.15, 0.2) is 18.2 Å². The monoisotopic (exact) mass is 311 g/mol. The number of benzene rings is 1. The first-order valence-corrected chi connectivity index (χ1v) is 7.86. The number of carbonyl (C=O) groups excluding carboxylic acids is 1. The summed E-state index contributed by atoms with van der Waals surface area (Å²) in [5.41, 5.74) is 6.95. The minimum absolute atomic E-state index is 0.0471. The lowest BCUT2D eigenvalue weighted by Crippen LogP contribution is -2.44. The highest BCUT2D eigenvalue weighted by atomic mass is 35.5. The lowest BCUT2D eigenvalue weighted by atomic mass is 10.1. The van der Waals surface area contributed by atoms with Crippen LogP contribution in [0.2, 0.25) is 5.02 Å². The highest BCUT2D eigenvalue weighted by Gasteiger charge is 2.21. The average molecular weight is 312 g/mol. The number of nitrogens with zero attached hydrogens (tertiary/aromatic N) is 1. The molecular formula is C16H26ClN3O. The number of amides is 1. The first-order valence-electron chi connectivity index (χ1n) is 7.48. The van der Waals surface area contributed by atoms with Crippen LogP contribution in [0.4, 0.5) is 11.4 Å². The highest BCUT2D eigenvalue weighted by molar-refractivity contribution is 6.31. The number of likely N-dealkylation sites (N-methyl/N-ethyl adjacent to an activating group) is 1. The van der Waals surface area contributed by atoms with Crippen molar-refractivity contribution < 1.29 is 4.79 Å². The summed E-state index contributed by atoms with van der Waals surface area (Å²) in [5, 5.41) is 3.44. The number of anilines is 2. The van der Waals surface area contributed by atoms with Crippen LogP contribution in [0.25, 0.3) is 0 Å². The van der Waals surface area contributed by atoms with Crippen LogP contribution in [-0.4, -0.2) is 29.9 Å². The molecule has 1 amide bonds. The van der Waals surface area contributed by atoms with Crippen LogP contribution >= 0.6 is 11.6 Å². The Kier molecular flexibility index (Phi) is 6.99. The summed E-state index contributed by atoms with van der Waals surface area (Å²) in [6.45, 7) is 10.1. The topological polar surface area (TPSA) is 58.4 Å². The van der Waals surface area contributed by atoms with Crippen LogP contribution < -0.4 is 11.1 Å². The highest BCUT2D eigenvalue weighted by Crippen LogP contribution is 2.23. The van der Waals surface area contributed by atoms with Crippen molar-refractivity contribution in [3.8, 4) is 0 Å². The molecule has 0 saturated carbocycles. The van der Waals surface area contributed by atoms with E-state index in [-0.39, 0.29) is 11.9 Å². The van der Waals surface area contributed by atoms with Gasteiger partial charge in [-0.1, -0.05) is 38.8 Å². The van der Waals surface area contributed by atoms with Gasteiger partial charge in [0, 0.05) is 11.6 Å². The molecule has 0 aliphatic carbocycles. The molecule has 5 heteroatoms. The largest absolute Gasteiger partial charge is 0.397 e. The lowest BCUT2D eigenvalue weighted by Gasteiger charge is -2.29. The number of nitrogens with one attached hydrogen (secondary N) is 1. The van der Waals surface area contributed by atoms with Gasteiger partial charge in [-0.2, -0.15) is 0 Å². The summed E-state index contributed by atoms with van der Waals surface area (Å²) in [7, 11) is 0. The predicted octanol–water partition coefficient (Wildman–Crippen LogP) is 3.62. The first-order chi connectivity index (χ1) is 9.88. The molecule has 0 heterocycles. The molecule has 21 heavy (non-hydrogen) atoms. The van der Waals surface area contributed by atoms with Crippen molar-refractivity contribution in [3.63, 3.8) is 0 Å². The van der Waals surface area contributed by atoms with E-state index in [0.717, 1.165) is 19.5 Å². The number of halogens is 1. The fourth-order valence-corrected chi connectivity index (χ4v) is 2.32. The summed E-state index contributed by atoms with van der Waals surface area (Å²) in [5.74, 6) is 0.523. The maximum absolute atomic E-state index is 12.4. The van der Waals surface area contributed by atoms with E-state index >= 15 is 0 Å². The SMILES string of the molecule is CCC(C)CN(CC)C(C)C(=O)Nc1ccc(Cl)cc1N. The van der Waals surface area contributed by atoms with Crippen LogP contribution in [0.5, 0.6) is 0 Å². The number of rotatable bonds is 7. The fraction of sp³-hybridized carbons (Fsp3) is 0.562. The number of hydrogen-bond donors (Lipinski definition) is 2. The number of carbonyl (C=O) groups is 1. The molecule has 1 rings (SSSR count). The van der Waals surface area contributed by atoms with E-state index in [1.54, 1.807) is 18.2 Å². The minimum atomic E-state index is -0.195. The van der Waals surface area contributed by atoms with Crippen LogP contribution in [0, 0.1) is 5.92 Å². The average Bonchev–Trinajstić information content (AvgIpc) is 2.46. The molecule has 0 aliphatic rings. The summed E-state index contributed by atoms with van der Waals surface area (Å²) in [6.07, 6.45) is 1.11. The molecule has 2 atom stereocenters. The van der Waals surface area contributed by atoms with Gasteiger partial charge < -0.3 is 11.1 Å². The second-order valence-corrected chi connectivity index (χ2v) is 5.93. The van der Waals surface area contributed by atoms with Gasteiger partial charge in [-0.05, 0) is 37.6 Å². The van der Waals surface area contributed by atoms with E-state index in [4.69, 9.17) is 17.3 Å². The van der Waals surface area contributed by atoms with E-state index in [1.165, 1.54) is 0 Å². The summed E-state index contributed by atoms with van der Waals surface area (Å²) < 4.78 is 0. The zero-order valence-corrected chi connectivity index (χ0v) is 14.1. The zero-order valence-electron chi connectivity index (χ0n) is 13.3. The Labute approximate surface area is 132 Å². The van der Waals surface area contributed by atoms with Crippen molar-refractivity contribution in [1.29, 1.82) is 0 Å². The second-order valence-electron chi connectivity index (χ2n) is 5.50. The van der Waals surface area contributed by atoms with Gasteiger partial charge >= 0.3 is 0 Å². The molecule has 0 bridgehead atoms. The maximum atomic E-state index is 12.4. The molecule has 0 spiro atoms. The molecule has 1 aromatic carbocycles. The number of hydrogen-bond acceptors (Lipinski definition) is 3. The third kappa shape index (κ3) is 5.21. The first kappa shape index (κ1) is 17.8. The van der Waals surface area contributed by atoms with Gasteiger partial charge in [-0.15, -0.1) is 0 Å². The zero-order chi connectivity index (χ0) is 16.0. The van der Waals surface area contributed by atoms with Crippen molar-refractivity contribution >= 4 is 28.9 Å². The van der Waals surface area contributed by atoms with Crippen molar-refractivity contribution in [2.45, 2.75) is 40.2 Å². The van der Waals surface area contributed by atoms with Crippen LogP contribution in [-0.2, 0) is 4.79 Å². The molecule has 3 N–H and O–H groups in total. The third-order valence-corrected chi connectivity index (χ3v) is 4.08. The van der Waals surface area contributed by atoms with Gasteiger partial charge in [0.2, 0.25) is 5.91 Å². The van der Waals surface area contributed by atoms with E-state index in [0.29, 0.717) is 22.3 Å². The Hall–Kier alpha value is -1.26. The quantitative estimate of drug-likeness (QED) is 0.756. The van der Waals surface area contributed by atoms with Crippen molar-refractivity contribution in [2.75, 3.05) is 24.1 Å². The lowest BCUT2D eigenvalue weighted by molar-refractivity contribution is -0.120. The molecule has 0 aromatic heterocycles. The van der Waals surface area contributed by atoms with Crippen LogP contribution in [0.3, 0.4) is 0 Å². The molecule has 0 aliphatic heterocycles. The molecule has 2 unspecified atom stereocenters. The Balaban J connectivity index is 2.72. The standard InChI is InChI=1S/C16H26ClN3O/c1-5-11(3)10-20(6-2)12(4)16(21)19-15-8-7-13(17)9-14(15)18/h7-9,11-12H,5-6,10,18H2,1-4H3,(H,19,21). The van der Waals surface area contributed by atoms with Gasteiger partial charge in [-0.25, -0.2) is 0 Å². The normalized spacial score (nSPS) is 14.0.